The first-order valence-electron chi connectivity index (χ1n) is 9.42. The van der Waals surface area contributed by atoms with E-state index in [0.717, 1.165) is 29.7 Å². The number of benzene rings is 2. The highest BCUT2D eigenvalue weighted by Gasteiger charge is 2.25. The van der Waals surface area contributed by atoms with Crippen molar-refractivity contribution in [3.63, 3.8) is 0 Å². The minimum atomic E-state index is -3.69. The van der Waals surface area contributed by atoms with Gasteiger partial charge in [0.05, 0.1) is 11.5 Å². The van der Waals surface area contributed by atoms with Crippen molar-refractivity contribution in [2.75, 3.05) is 6.61 Å². The third-order valence-corrected chi connectivity index (χ3v) is 6.47. The van der Waals surface area contributed by atoms with Crippen LogP contribution in [0.2, 0.25) is 0 Å². The number of hydrogen-bond acceptors (Lipinski definition) is 4. The minimum Gasteiger partial charge on any atom is -0.466 e. The number of aryl methyl sites for hydroxylation is 1. The highest BCUT2D eigenvalue weighted by molar-refractivity contribution is 7.89. The Balaban J connectivity index is 1.68. The van der Waals surface area contributed by atoms with Crippen molar-refractivity contribution in [1.82, 2.24) is 4.72 Å². The largest absolute Gasteiger partial charge is 0.466 e. The zero-order valence-corrected chi connectivity index (χ0v) is 16.6. The molecule has 0 radical (unpaired) electrons. The lowest BCUT2D eigenvalue weighted by atomic mass is 9.85. The van der Waals surface area contributed by atoms with Gasteiger partial charge in [-0.15, -0.1) is 0 Å². The third-order valence-electron chi connectivity index (χ3n) is 4.93. The van der Waals surface area contributed by atoms with Crippen LogP contribution in [0.3, 0.4) is 0 Å². The van der Waals surface area contributed by atoms with Crippen molar-refractivity contribution < 1.29 is 22.3 Å². The number of ether oxygens (including phenoxy) is 1. The Morgan fingerprint density at radius 1 is 1.21 bits per heavy atom. The average Bonchev–Trinajstić information content (AvgIpc) is 2.66. The second kappa shape index (κ2) is 8.84. The molecule has 2 aromatic carbocycles. The summed E-state index contributed by atoms with van der Waals surface area (Å²) in [6.45, 7) is 2.16. The Morgan fingerprint density at radius 2 is 1.96 bits per heavy atom. The fourth-order valence-electron chi connectivity index (χ4n) is 3.59. The second-order valence-electron chi connectivity index (χ2n) is 6.87. The van der Waals surface area contributed by atoms with E-state index in [4.69, 9.17) is 4.74 Å². The van der Waals surface area contributed by atoms with E-state index in [-0.39, 0.29) is 16.9 Å². The molecule has 7 heteroatoms. The summed E-state index contributed by atoms with van der Waals surface area (Å²) < 4.78 is 45.9. The van der Waals surface area contributed by atoms with E-state index in [2.05, 4.69) is 4.72 Å². The van der Waals surface area contributed by atoms with Gasteiger partial charge in [-0.2, -0.15) is 0 Å². The maximum Gasteiger partial charge on any atom is 0.306 e. The molecule has 1 aliphatic carbocycles. The molecule has 0 spiro atoms. The molecule has 2 aromatic rings. The fourth-order valence-corrected chi connectivity index (χ4v) is 4.86. The number of carbonyl (C=O) groups is 1. The Hall–Kier alpha value is -2.25. The number of fused-ring (bicyclic) bond motifs is 1. The van der Waals surface area contributed by atoms with E-state index in [0.29, 0.717) is 32.3 Å². The van der Waals surface area contributed by atoms with Crippen LogP contribution in [-0.2, 0) is 38.8 Å². The molecule has 3 rings (SSSR count). The van der Waals surface area contributed by atoms with Crippen LogP contribution in [0.25, 0.3) is 0 Å². The SMILES string of the molecule is CCOC(=O)CCc1cccc2c1CCC(NS(=O)(=O)c1ccc(F)cc1)C2. The number of esters is 1. The number of nitrogens with one attached hydrogen (secondary N) is 1. The van der Waals surface area contributed by atoms with Gasteiger partial charge in [0.2, 0.25) is 10.0 Å². The van der Waals surface area contributed by atoms with Crippen LogP contribution in [0.1, 0.15) is 36.5 Å². The summed E-state index contributed by atoms with van der Waals surface area (Å²) in [7, 11) is -3.69. The molecule has 0 saturated carbocycles. The number of rotatable bonds is 7. The Bertz CT molecular complexity index is 941. The maximum absolute atomic E-state index is 13.0. The fraction of sp³-hybridized carbons (Fsp3) is 0.381. The predicted octanol–water partition coefficient (Wildman–Crippen LogP) is 3.16. The van der Waals surface area contributed by atoms with E-state index < -0.39 is 15.8 Å². The quantitative estimate of drug-likeness (QED) is 0.719. The molecule has 0 amide bonds. The Morgan fingerprint density at radius 3 is 2.68 bits per heavy atom. The Labute approximate surface area is 165 Å². The summed E-state index contributed by atoms with van der Waals surface area (Å²) in [5, 5.41) is 0. The normalized spacial score (nSPS) is 16.4. The van der Waals surface area contributed by atoms with Crippen LogP contribution in [0.15, 0.2) is 47.4 Å². The highest BCUT2D eigenvalue weighted by Crippen LogP contribution is 2.26. The van der Waals surface area contributed by atoms with Gasteiger partial charge in [0, 0.05) is 12.5 Å². The first-order valence-corrected chi connectivity index (χ1v) is 10.9. The van der Waals surface area contributed by atoms with Gasteiger partial charge in [-0.1, -0.05) is 18.2 Å². The molecule has 1 N–H and O–H groups in total. The van der Waals surface area contributed by atoms with Crippen molar-refractivity contribution in [1.29, 1.82) is 0 Å². The van der Waals surface area contributed by atoms with Gasteiger partial charge in [0.15, 0.2) is 0 Å². The lowest BCUT2D eigenvalue weighted by molar-refractivity contribution is -0.143. The lowest BCUT2D eigenvalue weighted by Gasteiger charge is -2.27. The molecule has 5 nitrogen and oxygen atoms in total. The lowest BCUT2D eigenvalue weighted by Crippen LogP contribution is -2.39. The highest BCUT2D eigenvalue weighted by atomic mass is 32.2. The zero-order valence-electron chi connectivity index (χ0n) is 15.8. The second-order valence-corrected chi connectivity index (χ2v) is 8.59. The third kappa shape index (κ3) is 4.97. The summed E-state index contributed by atoms with van der Waals surface area (Å²) in [4.78, 5) is 11.7. The molecule has 0 saturated heterocycles. The molecular formula is C21H24FNO4S. The number of carbonyl (C=O) groups excluding carboxylic acids is 1. The standard InChI is InChI=1S/C21H24FNO4S/c1-2-27-21(24)13-6-15-4-3-5-16-14-18(9-12-20(15)16)23-28(25,26)19-10-7-17(22)8-11-19/h3-5,7-8,10-11,18,23H,2,6,9,12-14H2,1H3. The molecule has 150 valence electrons. The van der Waals surface area contributed by atoms with Crippen LogP contribution in [0.5, 0.6) is 0 Å². The van der Waals surface area contributed by atoms with Crippen LogP contribution in [0.4, 0.5) is 4.39 Å². The molecule has 1 atom stereocenters. The van der Waals surface area contributed by atoms with E-state index in [1.54, 1.807) is 6.92 Å². The monoisotopic (exact) mass is 405 g/mol. The van der Waals surface area contributed by atoms with Crippen LogP contribution < -0.4 is 4.72 Å². The van der Waals surface area contributed by atoms with E-state index >= 15 is 0 Å². The summed E-state index contributed by atoms with van der Waals surface area (Å²) in [6, 6.07) is 10.5. The molecular weight excluding hydrogens is 381 g/mol. The van der Waals surface area contributed by atoms with Gasteiger partial charge >= 0.3 is 5.97 Å². The van der Waals surface area contributed by atoms with Crippen LogP contribution in [-0.4, -0.2) is 27.0 Å². The summed E-state index contributed by atoms with van der Waals surface area (Å²) in [5.74, 6) is -0.679. The molecule has 0 aromatic heterocycles. The van der Waals surface area contributed by atoms with Crippen molar-refractivity contribution in [2.24, 2.45) is 0 Å². The molecule has 0 fully saturated rings. The number of halogens is 1. The first kappa shape index (κ1) is 20.5. The average molecular weight is 405 g/mol. The molecule has 0 bridgehead atoms. The topological polar surface area (TPSA) is 72.5 Å². The number of hydrogen-bond donors (Lipinski definition) is 1. The van der Waals surface area contributed by atoms with Crippen molar-refractivity contribution in [3.8, 4) is 0 Å². The number of sulfonamides is 1. The van der Waals surface area contributed by atoms with Gasteiger partial charge in [-0.3, -0.25) is 4.79 Å². The molecule has 0 heterocycles. The van der Waals surface area contributed by atoms with Crippen molar-refractivity contribution in [2.45, 2.75) is 50.0 Å². The van der Waals surface area contributed by atoms with Gasteiger partial charge in [0.1, 0.15) is 5.82 Å². The van der Waals surface area contributed by atoms with Gasteiger partial charge in [0.25, 0.3) is 0 Å². The Kier molecular flexibility index (Phi) is 6.46. The van der Waals surface area contributed by atoms with E-state index in [1.165, 1.54) is 17.7 Å². The zero-order chi connectivity index (χ0) is 20.1. The van der Waals surface area contributed by atoms with Crippen LogP contribution >= 0.6 is 0 Å². The molecule has 1 unspecified atom stereocenters. The summed E-state index contributed by atoms with van der Waals surface area (Å²) in [6.07, 6.45) is 2.96. The molecule has 28 heavy (non-hydrogen) atoms. The first-order chi connectivity index (χ1) is 13.4. The maximum atomic E-state index is 13.0. The van der Waals surface area contributed by atoms with Gasteiger partial charge < -0.3 is 4.74 Å². The molecule has 0 aliphatic heterocycles. The van der Waals surface area contributed by atoms with Crippen molar-refractivity contribution >= 4 is 16.0 Å². The van der Waals surface area contributed by atoms with E-state index in [1.807, 2.05) is 18.2 Å². The summed E-state index contributed by atoms with van der Waals surface area (Å²) in [5.41, 5.74) is 3.41. The van der Waals surface area contributed by atoms with E-state index in [9.17, 15) is 17.6 Å². The predicted molar refractivity (Wildman–Crippen MR) is 104 cm³/mol. The smallest absolute Gasteiger partial charge is 0.306 e. The van der Waals surface area contributed by atoms with Crippen LogP contribution in [0, 0.1) is 5.82 Å². The summed E-state index contributed by atoms with van der Waals surface area (Å²) >= 11 is 0. The molecule has 1 aliphatic rings. The van der Waals surface area contributed by atoms with Gasteiger partial charge in [-0.25, -0.2) is 17.5 Å². The minimum absolute atomic E-state index is 0.0582. The van der Waals surface area contributed by atoms with Gasteiger partial charge in [-0.05, 0) is 73.6 Å². The van der Waals surface area contributed by atoms with Crippen molar-refractivity contribution in [3.05, 3.63) is 65.0 Å².